The number of benzene rings is 1. The predicted octanol–water partition coefficient (Wildman–Crippen LogP) is 3.06. The van der Waals surface area contributed by atoms with Gasteiger partial charge >= 0.3 is 0 Å². The lowest BCUT2D eigenvalue weighted by atomic mass is 9.92. The second kappa shape index (κ2) is 11.6. The lowest BCUT2D eigenvalue weighted by Crippen LogP contribution is -2.55. The van der Waals surface area contributed by atoms with Crippen molar-refractivity contribution in [2.75, 3.05) is 31.1 Å². The zero-order chi connectivity index (χ0) is 27.7. The highest BCUT2D eigenvalue weighted by Gasteiger charge is 2.31. The number of hydrogen-bond donors (Lipinski definition) is 3. The summed E-state index contributed by atoms with van der Waals surface area (Å²) in [7, 11) is 0. The van der Waals surface area contributed by atoms with E-state index in [9.17, 15) is 14.6 Å². The van der Waals surface area contributed by atoms with Crippen LogP contribution in [0.5, 0.6) is 0 Å². The first-order chi connectivity index (χ1) is 18.7. The lowest BCUT2D eigenvalue weighted by Gasteiger charge is -2.40. The summed E-state index contributed by atoms with van der Waals surface area (Å²) in [5.74, 6) is -2.54. The average molecular weight is 542 g/mol. The number of nitrogens with two attached hydrogens (primary N) is 1. The number of pyridine rings is 2. The Labute approximate surface area is 226 Å². The molecule has 7 nitrogen and oxygen atoms in total. The molecule has 4 atom stereocenters. The van der Waals surface area contributed by atoms with Crippen LogP contribution in [0, 0.1) is 23.4 Å². The average Bonchev–Trinajstić information content (AvgIpc) is 3.31. The molecule has 3 aromatic rings. The summed E-state index contributed by atoms with van der Waals surface area (Å²) in [6.07, 6.45) is 4.03. The van der Waals surface area contributed by atoms with Gasteiger partial charge in [-0.05, 0) is 60.7 Å². The van der Waals surface area contributed by atoms with E-state index in [2.05, 4.69) is 14.9 Å². The van der Waals surface area contributed by atoms with Gasteiger partial charge in [0.2, 0.25) is 0 Å². The van der Waals surface area contributed by atoms with Gasteiger partial charge in [0.05, 0.1) is 17.8 Å². The van der Waals surface area contributed by atoms with Gasteiger partial charge in [0.25, 0.3) is 0 Å². The van der Waals surface area contributed by atoms with Crippen molar-refractivity contribution in [3.05, 3.63) is 77.0 Å². The Kier molecular flexibility index (Phi) is 8.18. The monoisotopic (exact) mass is 541 g/mol. The first kappa shape index (κ1) is 27.5. The zero-order valence-electron chi connectivity index (χ0n) is 21.9. The fraction of sp³-hybridized carbons (Fsp3) is 0.448. The number of nitrogens with zero attached hydrogens (tertiary/aromatic N) is 4. The van der Waals surface area contributed by atoms with Crippen molar-refractivity contribution in [3.8, 4) is 11.3 Å². The van der Waals surface area contributed by atoms with E-state index in [4.69, 9.17) is 5.73 Å². The van der Waals surface area contributed by atoms with E-state index in [1.807, 2.05) is 17.9 Å². The summed E-state index contributed by atoms with van der Waals surface area (Å²) in [6.45, 7) is 4.52. The zero-order valence-corrected chi connectivity index (χ0v) is 21.9. The predicted molar refractivity (Wildman–Crippen MR) is 142 cm³/mol. The van der Waals surface area contributed by atoms with Crippen LogP contribution in [0.3, 0.4) is 0 Å². The third kappa shape index (κ3) is 6.09. The minimum atomic E-state index is -0.874. The Balaban J connectivity index is 1.34. The molecule has 208 valence electrons. The molecule has 0 unspecified atom stereocenters. The van der Waals surface area contributed by atoms with Crippen LogP contribution >= 0.6 is 0 Å². The molecule has 0 bridgehead atoms. The van der Waals surface area contributed by atoms with Gasteiger partial charge in [0.15, 0.2) is 0 Å². The van der Waals surface area contributed by atoms with Gasteiger partial charge in [-0.15, -0.1) is 0 Å². The van der Waals surface area contributed by atoms with Crippen LogP contribution in [0.2, 0.25) is 0 Å². The number of likely N-dealkylation sites (tertiary alicyclic amines) is 1. The molecule has 2 aliphatic heterocycles. The van der Waals surface area contributed by atoms with Crippen molar-refractivity contribution in [1.29, 1.82) is 0 Å². The maximum Gasteiger partial charge on any atom is 0.149 e. The van der Waals surface area contributed by atoms with Crippen LogP contribution < -0.4 is 10.6 Å². The van der Waals surface area contributed by atoms with Crippen molar-refractivity contribution < 1.29 is 23.4 Å². The largest absolute Gasteiger partial charge is 0.392 e. The molecule has 0 spiro atoms. The van der Waals surface area contributed by atoms with Gasteiger partial charge < -0.3 is 20.8 Å². The standard InChI is InChI=1S/C29H34F3N5O2/c1-17-13-37(16-25(33)29(17)39)26-6-8-34-12-19(26)2-3-20-4-5-22(30)28(35-20)27-23(31)10-18(11-24(27)32)14-36-9-7-21(38)15-36/h4-6,8,10-12,17,21,25,29,38-39H,2-3,7,9,13-16,33H2,1H3/t17-,21-,25+,29+/m0/s1. The van der Waals surface area contributed by atoms with Crippen LogP contribution in [0.1, 0.15) is 30.2 Å². The highest BCUT2D eigenvalue weighted by Crippen LogP contribution is 2.30. The number of aliphatic hydroxyl groups is 2. The number of halogens is 3. The van der Waals surface area contributed by atoms with E-state index < -0.39 is 35.2 Å². The van der Waals surface area contributed by atoms with Crippen LogP contribution in [0.4, 0.5) is 18.9 Å². The summed E-state index contributed by atoms with van der Waals surface area (Å²) in [6, 6.07) is 6.67. The number of anilines is 1. The van der Waals surface area contributed by atoms with E-state index in [-0.39, 0.29) is 17.7 Å². The SMILES string of the molecule is C[C@H]1CN(c2ccncc2CCc2ccc(F)c(-c3c(F)cc(CN4CC[C@H](O)C4)cc3F)n2)C[C@@H](N)[C@@H]1O. The molecule has 2 saturated heterocycles. The van der Waals surface area contributed by atoms with E-state index in [0.717, 1.165) is 11.3 Å². The van der Waals surface area contributed by atoms with Gasteiger partial charge in [-0.2, -0.15) is 0 Å². The third-order valence-electron chi connectivity index (χ3n) is 7.73. The van der Waals surface area contributed by atoms with Crippen LogP contribution in [-0.4, -0.2) is 69.5 Å². The first-order valence-corrected chi connectivity index (χ1v) is 13.3. The second-order valence-electron chi connectivity index (χ2n) is 10.8. The van der Waals surface area contributed by atoms with Crippen molar-refractivity contribution in [3.63, 3.8) is 0 Å². The molecule has 39 heavy (non-hydrogen) atoms. The number of β-amino-alcohol motifs (C(OH)–C–C–N with tert-alkyl or cyclic N) is 1. The van der Waals surface area contributed by atoms with Gasteiger partial charge in [0.1, 0.15) is 23.1 Å². The van der Waals surface area contributed by atoms with Gasteiger partial charge in [-0.25, -0.2) is 18.2 Å². The molecule has 2 fully saturated rings. The van der Waals surface area contributed by atoms with E-state index >= 15 is 8.78 Å². The van der Waals surface area contributed by atoms with Crippen molar-refractivity contribution in [2.24, 2.45) is 11.7 Å². The van der Waals surface area contributed by atoms with E-state index in [1.54, 1.807) is 12.4 Å². The normalized spacial score (nSPS) is 23.9. The summed E-state index contributed by atoms with van der Waals surface area (Å²) in [5.41, 5.74) is 8.11. The minimum absolute atomic E-state index is 0.00853. The van der Waals surface area contributed by atoms with Crippen molar-refractivity contribution in [1.82, 2.24) is 14.9 Å². The van der Waals surface area contributed by atoms with Crippen LogP contribution in [0.25, 0.3) is 11.3 Å². The fourth-order valence-electron chi connectivity index (χ4n) is 5.65. The molecule has 0 aliphatic carbocycles. The van der Waals surface area contributed by atoms with Crippen LogP contribution in [0.15, 0.2) is 42.7 Å². The molecule has 5 rings (SSSR count). The van der Waals surface area contributed by atoms with Gasteiger partial charge in [-0.1, -0.05) is 6.92 Å². The topological polar surface area (TPSA) is 98.7 Å². The smallest absolute Gasteiger partial charge is 0.149 e. The molecule has 2 aromatic heterocycles. The first-order valence-electron chi connectivity index (χ1n) is 13.3. The second-order valence-corrected chi connectivity index (χ2v) is 10.8. The Morgan fingerprint density at radius 2 is 1.77 bits per heavy atom. The number of hydrogen-bond acceptors (Lipinski definition) is 7. The Hall–Kier alpha value is -3.05. The number of rotatable bonds is 7. The summed E-state index contributed by atoms with van der Waals surface area (Å²) in [4.78, 5) is 12.6. The van der Waals surface area contributed by atoms with E-state index in [0.29, 0.717) is 63.2 Å². The molecular formula is C29H34F3N5O2. The quantitative estimate of drug-likeness (QED) is 0.423. The van der Waals surface area contributed by atoms with Gasteiger partial charge in [0, 0.05) is 68.5 Å². The van der Waals surface area contributed by atoms with Gasteiger partial charge in [-0.3, -0.25) is 9.88 Å². The number of aryl methyl sites for hydroxylation is 2. The molecule has 2 aliphatic rings. The molecule has 10 heteroatoms. The summed E-state index contributed by atoms with van der Waals surface area (Å²) < 4.78 is 45.0. The highest BCUT2D eigenvalue weighted by atomic mass is 19.1. The number of aromatic nitrogens is 2. The minimum Gasteiger partial charge on any atom is -0.392 e. The summed E-state index contributed by atoms with van der Waals surface area (Å²) in [5, 5.41) is 19.9. The Bertz CT molecular complexity index is 1290. The molecule has 0 amide bonds. The highest BCUT2D eigenvalue weighted by molar-refractivity contribution is 5.62. The fourth-order valence-corrected chi connectivity index (χ4v) is 5.65. The van der Waals surface area contributed by atoms with Crippen LogP contribution in [-0.2, 0) is 19.4 Å². The maximum atomic E-state index is 15.1. The Morgan fingerprint density at radius 3 is 2.46 bits per heavy atom. The molecule has 0 radical (unpaired) electrons. The summed E-state index contributed by atoms with van der Waals surface area (Å²) >= 11 is 0. The van der Waals surface area contributed by atoms with Crippen molar-refractivity contribution >= 4 is 5.69 Å². The molecule has 4 heterocycles. The lowest BCUT2D eigenvalue weighted by molar-refractivity contribution is 0.0784. The number of aliphatic hydroxyl groups excluding tert-OH is 2. The Morgan fingerprint density at radius 1 is 1.00 bits per heavy atom. The molecule has 0 saturated carbocycles. The molecule has 4 N–H and O–H groups in total. The molecular weight excluding hydrogens is 507 g/mol. The van der Waals surface area contributed by atoms with E-state index in [1.165, 1.54) is 24.3 Å². The molecule has 1 aromatic carbocycles. The maximum absolute atomic E-state index is 15.1. The third-order valence-corrected chi connectivity index (χ3v) is 7.73. The number of piperidine rings is 1. The van der Waals surface area contributed by atoms with Crippen molar-refractivity contribution in [2.45, 2.75) is 51.0 Å².